The molecule has 33 heteroatoms. The Morgan fingerprint density at radius 3 is 1.89 bits per heavy atom. The normalized spacial score (nSPS) is 26.1. The summed E-state index contributed by atoms with van der Waals surface area (Å²) in [5.41, 5.74) is -5.27. The van der Waals surface area contributed by atoms with Gasteiger partial charge < -0.3 is 64.8 Å². The van der Waals surface area contributed by atoms with Crippen molar-refractivity contribution in [3.8, 4) is 0 Å². The van der Waals surface area contributed by atoms with Gasteiger partial charge in [0.1, 0.15) is 71.1 Å². The number of likely N-dealkylation sites (N-methyl/N-ethyl adjacent to an activating group) is 7. The van der Waals surface area contributed by atoms with Crippen LogP contribution in [0.25, 0.3) is 0 Å². The fourth-order valence-electron chi connectivity index (χ4n) is 14.7. The molecule has 4 fully saturated rings. The minimum absolute atomic E-state index is 0.0283. The Labute approximate surface area is 618 Å². The van der Waals surface area contributed by atoms with E-state index in [2.05, 4.69) is 22.5 Å². The first-order valence-corrected chi connectivity index (χ1v) is 36.1. The molecule has 0 aromatic heterocycles. The number of halogens is 8. The van der Waals surface area contributed by atoms with Crippen LogP contribution in [0.2, 0.25) is 0 Å². The number of benzene rings is 2. The van der Waals surface area contributed by atoms with Crippen molar-refractivity contribution in [2.24, 2.45) is 11.8 Å². The van der Waals surface area contributed by atoms with E-state index in [1.54, 1.807) is 32.9 Å². The number of amides is 12. The Kier molecular flexibility index (Phi) is 28.9. The van der Waals surface area contributed by atoms with Crippen LogP contribution in [0.15, 0.2) is 61.2 Å². The third kappa shape index (κ3) is 20.2. The van der Waals surface area contributed by atoms with Crippen LogP contribution in [0, 0.1) is 23.5 Å². The van der Waals surface area contributed by atoms with E-state index in [1.165, 1.54) is 65.2 Å². The van der Waals surface area contributed by atoms with Crippen molar-refractivity contribution >= 4 is 70.9 Å². The van der Waals surface area contributed by atoms with E-state index in [4.69, 9.17) is 4.74 Å². The molecule has 5 aliphatic rings. The van der Waals surface area contributed by atoms with Crippen molar-refractivity contribution in [1.82, 2.24) is 60.0 Å². The minimum Gasteiger partial charge on any atom is -0.377 e. The fraction of sp³-hybridized carbons (Fsp3) is 0.622. The third-order valence-corrected chi connectivity index (χ3v) is 21.4. The molecule has 12 amide bonds. The zero-order valence-corrected chi connectivity index (χ0v) is 62.5. The summed E-state index contributed by atoms with van der Waals surface area (Å²) >= 11 is 0. The Balaban J connectivity index is 1.35. The predicted molar refractivity (Wildman–Crippen MR) is 374 cm³/mol. The second-order valence-electron chi connectivity index (χ2n) is 28.9. The molecular weight excluding hydrogens is 1420 g/mol. The van der Waals surface area contributed by atoms with Gasteiger partial charge in [0.2, 0.25) is 70.9 Å². The third-order valence-electron chi connectivity index (χ3n) is 21.4. The van der Waals surface area contributed by atoms with Crippen molar-refractivity contribution in [2.75, 3.05) is 89.2 Å². The summed E-state index contributed by atoms with van der Waals surface area (Å²) in [6.07, 6.45) is -6.45. The minimum atomic E-state index is -5.46. The lowest BCUT2D eigenvalue weighted by molar-refractivity contribution is -0.157. The Bertz CT molecular complexity index is 3640. The Morgan fingerprint density at radius 1 is 0.701 bits per heavy atom. The molecule has 2 aromatic rings. The van der Waals surface area contributed by atoms with Gasteiger partial charge in [0.05, 0.1) is 31.2 Å². The lowest BCUT2D eigenvalue weighted by atomic mass is 9.74. The van der Waals surface area contributed by atoms with Gasteiger partial charge in [0.15, 0.2) is 0 Å². The number of ether oxygens (including phenoxy) is 1. The standard InChI is InChI=1S/C74H100F8N12O13/c1-13-22-52-63(98)84-61(43(4)14-2)69(104)88(8)42-59(97)90(10)53-25-17-16-20-34-93(68(53)103)56(37-44-26-29-47(30-27-44)73(77,78)79)67(102)87(7)41-57(95)83-51(31-28-45-35-49(75)60(50(76)36-45)74(80,81)82)65(100)94-40-48(107-15-3)38-54(94)64(99)85-72(32-21-33-72)71(106)92(12)62(46-23-18-19-24-46)70(105)91(11)55(66(101)86(5)6)39-58(96)89(52)9/h13,16-17,26-27,29-30,35-36,43,46,48,51-56,61-62H,1,14-15,18-25,28,31-34,37-42H2,2-12H3,(H,83,95)(H,84,98)(H,85,99)/b17-16-/t43-,48+,51-,52-,53-,54-,55-,56-,61-,62-/m0/s1. The summed E-state index contributed by atoms with van der Waals surface area (Å²) in [5.74, 6) is -15.4. The lowest BCUT2D eigenvalue weighted by Gasteiger charge is -2.46. The number of aryl methyl sites for hydroxylation is 1. The van der Waals surface area contributed by atoms with Crippen molar-refractivity contribution in [3.63, 3.8) is 0 Å². The molecule has 2 aromatic carbocycles. The van der Waals surface area contributed by atoms with Crippen LogP contribution in [-0.2, 0) is 87.5 Å². The second kappa shape index (κ2) is 36.2. The number of hydrogen-bond acceptors (Lipinski definition) is 13. The SMILES string of the molecule is C=CC[C@H]1C(=O)N[C@@H]([C@@H](C)CC)C(=O)N(C)CC(=O)N(C)[C@H]2C/C=C\CCN(C2=O)[C@@H](Cc2ccc(C(F)(F)F)cc2)C(=O)N(C)CC(=O)N[C@@H](CCc2cc(F)c(C(F)(F)F)c(F)c2)C(=O)N2C[C@H](OCC)C[C@H]2C(=O)NC2(CCC2)C(=O)N(C)[C@@H](C2CCCC2)C(=O)N(C)[C@H](C(=O)N(C)C)CC(=O)N1C. The number of hydrogen-bond donors (Lipinski definition) is 3. The molecule has 0 radical (unpaired) electrons. The first kappa shape index (κ1) is 85.2. The molecule has 3 aliphatic heterocycles. The first-order chi connectivity index (χ1) is 50.2. The molecule has 25 nitrogen and oxygen atoms in total. The zero-order chi connectivity index (χ0) is 79.5. The molecule has 7 rings (SSSR count). The van der Waals surface area contributed by atoms with Gasteiger partial charge in [0, 0.05) is 88.9 Å². The number of alkyl halides is 6. The maximum absolute atomic E-state index is 15.4. The largest absolute Gasteiger partial charge is 0.422 e. The number of carbonyl (C=O) groups is 12. The van der Waals surface area contributed by atoms with E-state index >= 15 is 37.5 Å². The summed E-state index contributed by atoms with van der Waals surface area (Å²) in [6, 6.07) is -7.51. The Hall–Kier alpha value is -9.04. The highest BCUT2D eigenvalue weighted by atomic mass is 19.4. The molecule has 3 heterocycles. The van der Waals surface area contributed by atoms with Crippen LogP contribution in [0.5, 0.6) is 0 Å². The summed E-state index contributed by atoms with van der Waals surface area (Å²) in [5, 5.41) is 8.18. The molecule has 2 saturated heterocycles. The molecule has 3 N–H and O–H groups in total. The lowest BCUT2D eigenvalue weighted by Crippen LogP contribution is -2.68. The van der Waals surface area contributed by atoms with Crippen LogP contribution in [-0.4, -0.2) is 264 Å². The zero-order valence-electron chi connectivity index (χ0n) is 62.5. The van der Waals surface area contributed by atoms with Crippen molar-refractivity contribution < 1.29 is 97.4 Å². The van der Waals surface area contributed by atoms with E-state index < -0.39 is 222 Å². The maximum Gasteiger partial charge on any atom is 0.422 e. The van der Waals surface area contributed by atoms with Crippen molar-refractivity contribution in [3.05, 3.63) is 95.1 Å². The molecule has 10 atom stereocenters. The summed E-state index contributed by atoms with van der Waals surface area (Å²) < 4.78 is 120. The second-order valence-corrected chi connectivity index (χ2v) is 28.9. The summed E-state index contributed by atoms with van der Waals surface area (Å²) in [6.45, 7) is 6.63. The molecular formula is C74H100F8N12O13. The number of nitrogens with one attached hydrogen (secondary N) is 3. The summed E-state index contributed by atoms with van der Waals surface area (Å²) in [7, 11) is 10.5. The molecule has 2 aliphatic carbocycles. The van der Waals surface area contributed by atoms with Crippen LogP contribution in [0.3, 0.4) is 0 Å². The van der Waals surface area contributed by atoms with Crippen molar-refractivity contribution in [2.45, 2.75) is 196 Å². The molecule has 0 unspecified atom stereocenters. The highest BCUT2D eigenvalue weighted by molar-refractivity contribution is 6.01. The molecule has 590 valence electrons. The van der Waals surface area contributed by atoms with Gasteiger partial charge in [-0.2, -0.15) is 26.3 Å². The van der Waals surface area contributed by atoms with Gasteiger partial charge in [-0.15, -0.1) is 6.58 Å². The van der Waals surface area contributed by atoms with Gasteiger partial charge >= 0.3 is 12.4 Å². The van der Waals surface area contributed by atoms with Gasteiger partial charge in [-0.1, -0.05) is 63.5 Å². The smallest absolute Gasteiger partial charge is 0.377 e. The number of rotatable bonds is 13. The fourth-order valence-corrected chi connectivity index (χ4v) is 14.7. The van der Waals surface area contributed by atoms with E-state index in [9.17, 15) is 55.1 Å². The van der Waals surface area contributed by atoms with Crippen LogP contribution in [0.1, 0.15) is 133 Å². The van der Waals surface area contributed by atoms with Crippen LogP contribution >= 0.6 is 0 Å². The predicted octanol–water partition coefficient (Wildman–Crippen LogP) is 5.27. The highest BCUT2D eigenvalue weighted by Gasteiger charge is 2.54. The average molecular weight is 1520 g/mol. The van der Waals surface area contributed by atoms with Crippen LogP contribution < -0.4 is 16.0 Å². The monoisotopic (exact) mass is 1520 g/mol. The van der Waals surface area contributed by atoms with Gasteiger partial charge in [-0.3, -0.25) is 57.5 Å². The number of carbonyl (C=O) groups excluding carboxylic acids is 12. The van der Waals surface area contributed by atoms with E-state index in [-0.39, 0.29) is 63.8 Å². The highest BCUT2D eigenvalue weighted by Crippen LogP contribution is 2.40. The number of nitrogens with zero attached hydrogens (tertiary/aromatic N) is 9. The van der Waals surface area contributed by atoms with Gasteiger partial charge in [-0.05, 0) is 118 Å². The van der Waals surface area contributed by atoms with Gasteiger partial charge in [-0.25, -0.2) is 8.78 Å². The number of fused-ring (bicyclic) bond motifs is 3. The quantitative estimate of drug-likeness (QED) is 0.171. The van der Waals surface area contributed by atoms with Gasteiger partial charge in [0.25, 0.3) is 0 Å². The first-order valence-electron chi connectivity index (χ1n) is 36.1. The van der Waals surface area contributed by atoms with E-state index in [1.807, 2.05) is 0 Å². The van der Waals surface area contributed by atoms with E-state index in [0.29, 0.717) is 50.7 Å². The Morgan fingerprint density at radius 2 is 1.33 bits per heavy atom. The summed E-state index contributed by atoms with van der Waals surface area (Å²) in [4.78, 5) is 189. The van der Waals surface area contributed by atoms with Crippen molar-refractivity contribution in [1.29, 1.82) is 0 Å². The molecule has 2 bridgehead atoms. The van der Waals surface area contributed by atoms with Crippen LogP contribution in [0.4, 0.5) is 35.1 Å². The topological polar surface area (TPSA) is 279 Å². The molecule has 2 saturated carbocycles. The van der Waals surface area contributed by atoms with E-state index in [0.717, 1.165) is 65.6 Å². The molecule has 1 spiro atoms. The average Bonchev–Trinajstić information content (AvgIpc) is 1.66. The molecule has 107 heavy (non-hydrogen) atoms. The maximum atomic E-state index is 15.4.